The zero-order chi connectivity index (χ0) is 6.57. The molecule has 4 heteroatoms. The topological polar surface area (TPSA) is 78.3 Å². The molecule has 0 aliphatic carbocycles. The molecule has 0 atom stereocenters. The molecule has 0 aromatic rings. The summed E-state index contributed by atoms with van der Waals surface area (Å²) in [4.78, 5) is 14.0. The van der Waals surface area contributed by atoms with Gasteiger partial charge in [0.25, 0.3) is 0 Å². The van der Waals surface area contributed by atoms with Crippen molar-refractivity contribution in [2.24, 2.45) is 11.6 Å². The van der Waals surface area contributed by atoms with Gasteiger partial charge in [0.15, 0.2) is 0 Å². The second-order valence-electron chi connectivity index (χ2n) is 1.15. The van der Waals surface area contributed by atoms with Crippen molar-refractivity contribution in [3.05, 3.63) is 11.8 Å². The number of allylic oxidation sites excluding steroid dienone is 1. The van der Waals surface area contributed by atoms with E-state index in [1.165, 1.54) is 6.08 Å². The normalized spacial score (nSPS) is 11.0. The van der Waals surface area contributed by atoms with Gasteiger partial charge in [0.05, 0.1) is 0 Å². The number of hydrogen-bond donors (Lipinski definition) is 2. The first kappa shape index (κ1) is 6.97. The van der Waals surface area contributed by atoms with Crippen LogP contribution in [0.15, 0.2) is 11.8 Å². The zero-order valence-corrected chi connectivity index (χ0v) is 4.55. The van der Waals surface area contributed by atoms with Crippen molar-refractivity contribution in [3.63, 3.8) is 0 Å². The van der Waals surface area contributed by atoms with Crippen molar-refractivity contribution in [1.29, 1.82) is 0 Å². The molecule has 0 spiro atoms. The lowest BCUT2D eigenvalue weighted by molar-refractivity contribution is -0.139. The van der Waals surface area contributed by atoms with Crippen LogP contribution in [0.1, 0.15) is 6.92 Å². The summed E-state index contributed by atoms with van der Waals surface area (Å²) in [5.74, 6) is 3.78. The van der Waals surface area contributed by atoms with Crippen molar-refractivity contribution >= 4 is 5.97 Å². The van der Waals surface area contributed by atoms with Gasteiger partial charge < -0.3 is 10.6 Å². The lowest BCUT2D eigenvalue weighted by Gasteiger charge is -1.92. The predicted octanol–water partition coefficient (Wildman–Crippen LogP) is -0.734. The quantitative estimate of drug-likeness (QED) is 0.349. The summed E-state index contributed by atoms with van der Waals surface area (Å²) in [6.07, 6.45) is 1.41. The summed E-state index contributed by atoms with van der Waals surface area (Å²) in [6, 6.07) is 0. The van der Waals surface area contributed by atoms with E-state index >= 15 is 0 Å². The highest BCUT2D eigenvalue weighted by Gasteiger charge is 2.00. The molecule has 0 aliphatic rings. The summed E-state index contributed by atoms with van der Waals surface area (Å²) in [7, 11) is 0. The lowest BCUT2D eigenvalue weighted by atomic mass is 10.4. The standard InChI is InChI=1S/C4H8N2O2/c1-2-3(5)4(7)8-6/h2H,5-6H2,1H3. The van der Waals surface area contributed by atoms with Gasteiger partial charge in [0, 0.05) is 0 Å². The Morgan fingerprint density at radius 2 is 2.25 bits per heavy atom. The Morgan fingerprint density at radius 1 is 1.75 bits per heavy atom. The van der Waals surface area contributed by atoms with Crippen LogP contribution in [0, 0.1) is 0 Å². The molecule has 4 nitrogen and oxygen atoms in total. The predicted molar refractivity (Wildman–Crippen MR) is 28.2 cm³/mol. The highest BCUT2D eigenvalue weighted by molar-refractivity contribution is 5.86. The average molecular weight is 116 g/mol. The van der Waals surface area contributed by atoms with E-state index in [1.54, 1.807) is 6.92 Å². The minimum atomic E-state index is -0.701. The second kappa shape index (κ2) is 3.04. The first-order chi connectivity index (χ1) is 3.72. The molecule has 0 aromatic heterocycles. The molecule has 0 amide bonds. The Morgan fingerprint density at radius 3 is 2.38 bits per heavy atom. The monoisotopic (exact) mass is 116 g/mol. The van der Waals surface area contributed by atoms with E-state index < -0.39 is 5.97 Å². The molecule has 0 aliphatic heterocycles. The van der Waals surface area contributed by atoms with Crippen LogP contribution in [0.5, 0.6) is 0 Å². The van der Waals surface area contributed by atoms with Crippen molar-refractivity contribution < 1.29 is 9.63 Å². The molecule has 0 saturated carbocycles. The van der Waals surface area contributed by atoms with E-state index in [0.717, 1.165) is 0 Å². The van der Waals surface area contributed by atoms with Crippen LogP contribution in [-0.4, -0.2) is 5.97 Å². The maximum Gasteiger partial charge on any atom is 0.372 e. The molecule has 0 saturated heterocycles. The molecular weight excluding hydrogens is 108 g/mol. The number of rotatable bonds is 1. The van der Waals surface area contributed by atoms with Gasteiger partial charge in [-0.05, 0) is 6.92 Å². The summed E-state index contributed by atoms with van der Waals surface area (Å²) in [5.41, 5.74) is 5.05. The second-order valence-corrected chi connectivity index (χ2v) is 1.15. The van der Waals surface area contributed by atoms with Gasteiger partial charge in [-0.3, -0.25) is 0 Å². The van der Waals surface area contributed by atoms with E-state index in [0.29, 0.717) is 0 Å². The van der Waals surface area contributed by atoms with Crippen LogP contribution >= 0.6 is 0 Å². The first-order valence-electron chi connectivity index (χ1n) is 2.05. The maximum atomic E-state index is 10.2. The minimum Gasteiger partial charge on any atom is -0.393 e. The van der Waals surface area contributed by atoms with E-state index in [2.05, 4.69) is 10.7 Å². The maximum absolute atomic E-state index is 10.2. The van der Waals surface area contributed by atoms with Crippen molar-refractivity contribution in [1.82, 2.24) is 0 Å². The third kappa shape index (κ3) is 1.61. The number of nitrogens with two attached hydrogens (primary N) is 2. The smallest absolute Gasteiger partial charge is 0.372 e. The third-order valence-corrected chi connectivity index (χ3v) is 0.654. The third-order valence-electron chi connectivity index (χ3n) is 0.654. The Balaban J connectivity index is 3.83. The average Bonchev–Trinajstić information content (AvgIpc) is 1.84. The van der Waals surface area contributed by atoms with E-state index in [9.17, 15) is 4.79 Å². The van der Waals surface area contributed by atoms with Crippen LogP contribution in [0.4, 0.5) is 0 Å². The molecule has 8 heavy (non-hydrogen) atoms. The van der Waals surface area contributed by atoms with Crippen LogP contribution in [0.3, 0.4) is 0 Å². The summed E-state index contributed by atoms with van der Waals surface area (Å²) in [5, 5.41) is 0. The molecule has 46 valence electrons. The van der Waals surface area contributed by atoms with Crippen molar-refractivity contribution in [2.75, 3.05) is 0 Å². The van der Waals surface area contributed by atoms with Gasteiger partial charge in [-0.1, -0.05) is 6.08 Å². The van der Waals surface area contributed by atoms with Crippen LogP contribution in [-0.2, 0) is 9.63 Å². The summed E-state index contributed by atoms with van der Waals surface area (Å²) in [6.45, 7) is 1.62. The molecule has 0 heterocycles. The summed E-state index contributed by atoms with van der Waals surface area (Å²) >= 11 is 0. The Labute approximate surface area is 47.1 Å². The minimum absolute atomic E-state index is 0.0208. The van der Waals surface area contributed by atoms with Gasteiger partial charge in [0.1, 0.15) is 5.70 Å². The fourth-order valence-electron chi connectivity index (χ4n) is 0.186. The van der Waals surface area contributed by atoms with Gasteiger partial charge in [-0.15, -0.1) is 0 Å². The highest BCUT2D eigenvalue weighted by atomic mass is 16.7. The molecule has 0 radical (unpaired) electrons. The molecule has 0 fully saturated rings. The molecule has 0 rings (SSSR count). The SMILES string of the molecule is CC=C(N)C(=O)ON. The Hall–Kier alpha value is -1.03. The summed E-state index contributed by atoms with van der Waals surface area (Å²) < 4.78 is 0. The van der Waals surface area contributed by atoms with Crippen LogP contribution < -0.4 is 11.6 Å². The molecular formula is C4H8N2O2. The number of hydrogen-bond acceptors (Lipinski definition) is 4. The van der Waals surface area contributed by atoms with Gasteiger partial charge in [-0.25, -0.2) is 4.79 Å². The van der Waals surface area contributed by atoms with Gasteiger partial charge in [-0.2, -0.15) is 5.90 Å². The Bertz CT molecular complexity index is 119. The fourth-order valence-corrected chi connectivity index (χ4v) is 0.186. The largest absolute Gasteiger partial charge is 0.393 e. The van der Waals surface area contributed by atoms with Gasteiger partial charge >= 0.3 is 5.97 Å². The Kier molecular flexibility index (Phi) is 2.64. The van der Waals surface area contributed by atoms with E-state index in [-0.39, 0.29) is 5.70 Å². The fraction of sp³-hybridized carbons (Fsp3) is 0.250. The number of carbonyl (C=O) groups excluding carboxylic acids is 1. The molecule has 0 aromatic carbocycles. The molecule has 0 unspecified atom stereocenters. The van der Waals surface area contributed by atoms with Crippen LogP contribution in [0.25, 0.3) is 0 Å². The lowest BCUT2D eigenvalue weighted by Crippen LogP contribution is -2.17. The van der Waals surface area contributed by atoms with Crippen LogP contribution in [0.2, 0.25) is 0 Å². The van der Waals surface area contributed by atoms with E-state index in [4.69, 9.17) is 5.73 Å². The zero-order valence-electron chi connectivity index (χ0n) is 4.55. The first-order valence-corrected chi connectivity index (χ1v) is 2.05. The van der Waals surface area contributed by atoms with Gasteiger partial charge in [0.2, 0.25) is 0 Å². The van der Waals surface area contributed by atoms with E-state index in [1.807, 2.05) is 0 Å². The van der Waals surface area contributed by atoms with Crippen molar-refractivity contribution in [3.8, 4) is 0 Å². The highest BCUT2D eigenvalue weighted by Crippen LogP contribution is 1.82. The van der Waals surface area contributed by atoms with Crippen molar-refractivity contribution in [2.45, 2.75) is 6.92 Å². The molecule has 4 N–H and O–H groups in total. The molecule has 0 bridgehead atoms. The number of carbonyl (C=O) groups is 1.